The second-order valence-corrected chi connectivity index (χ2v) is 12.7. The zero-order chi connectivity index (χ0) is 29.3. The Morgan fingerprint density at radius 1 is 1.19 bits per heavy atom. The van der Waals surface area contributed by atoms with E-state index in [1.807, 2.05) is 6.07 Å². The molecule has 0 spiro atoms. The Hall–Kier alpha value is -3.11. The number of piperidine rings is 1. The van der Waals surface area contributed by atoms with Crippen LogP contribution in [0.25, 0.3) is 11.0 Å². The molecule has 220 valence electrons. The number of hydrogen-bond acceptors (Lipinski definition) is 6. The molecule has 2 fully saturated rings. The second-order valence-electron chi connectivity index (χ2n) is 11.1. The number of nitrogens with zero attached hydrogens (tertiary/aromatic N) is 3. The molecule has 0 bridgehead atoms. The lowest BCUT2D eigenvalue weighted by atomic mass is 9.88. The molecule has 0 amide bonds. The summed E-state index contributed by atoms with van der Waals surface area (Å²) in [6, 6.07) is 18.2. The molecule has 1 aromatic heterocycles. The molecule has 7 nitrogen and oxygen atoms in total. The van der Waals surface area contributed by atoms with Gasteiger partial charge in [-0.3, -0.25) is 4.90 Å². The summed E-state index contributed by atoms with van der Waals surface area (Å²) in [5.41, 5.74) is 4.76. The van der Waals surface area contributed by atoms with Gasteiger partial charge in [0, 0.05) is 29.2 Å². The van der Waals surface area contributed by atoms with Gasteiger partial charge in [0.1, 0.15) is 16.6 Å². The number of anilines is 1. The molecule has 0 aliphatic carbocycles. The summed E-state index contributed by atoms with van der Waals surface area (Å²) in [4.78, 5) is 18.8. The predicted octanol–water partition coefficient (Wildman–Crippen LogP) is 7.00. The first-order chi connectivity index (χ1) is 20.3. The van der Waals surface area contributed by atoms with Crippen LogP contribution in [0.1, 0.15) is 52.5 Å². The number of aromatic nitrogens is 2. The fourth-order valence-electron chi connectivity index (χ4n) is 6.00. The average Bonchev–Trinajstić information content (AvgIpc) is 3.30. The standard InChI is InChI=1S/C32H34ClFN4O3S/c1-42-32(12-15-41-32)20-38-29-16-22(31(39)40)7-9-28(29)36-30(38)19-37-13-10-21(11-14-37)25-4-2-3-5-27(25)35-18-23-6-8-24(33)17-26(23)34/h2-9,16-17,21,35H,10-15,18-20H2,1H3,(H,39,40). The van der Waals surface area contributed by atoms with E-state index >= 15 is 0 Å². The first-order valence-electron chi connectivity index (χ1n) is 14.2. The summed E-state index contributed by atoms with van der Waals surface area (Å²) in [5.74, 6) is 0.0706. The molecule has 1 atom stereocenters. The quantitative estimate of drug-likeness (QED) is 0.201. The van der Waals surface area contributed by atoms with Crippen LogP contribution in [0.3, 0.4) is 0 Å². The molecule has 2 aliphatic rings. The van der Waals surface area contributed by atoms with Gasteiger partial charge in [0.25, 0.3) is 0 Å². The minimum Gasteiger partial charge on any atom is -0.478 e. The highest BCUT2D eigenvalue weighted by molar-refractivity contribution is 7.99. The summed E-state index contributed by atoms with van der Waals surface area (Å²) in [6.45, 7) is 4.27. The van der Waals surface area contributed by atoms with Gasteiger partial charge in [-0.25, -0.2) is 14.2 Å². The van der Waals surface area contributed by atoms with Gasteiger partial charge in [-0.2, -0.15) is 0 Å². The number of fused-ring (bicyclic) bond motifs is 1. The number of aromatic carboxylic acids is 1. The number of nitrogens with one attached hydrogen (secondary N) is 1. The Labute approximate surface area is 254 Å². The zero-order valence-electron chi connectivity index (χ0n) is 23.5. The lowest BCUT2D eigenvalue weighted by Crippen LogP contribution is -2.44. The first-order valence-corrected chi connectivity index (χ1v) is 15.8. The molecule has 6 rings (SSSR count). The van der Waals surface area contributed by atoms with Gasteiger partial charge < -0.3 is 19.7 Å². The van der Waals surface area contributed by atoms with Crippen molar-refractivity contribution in [1.82, 2.24) is 14.5 Å². The van der Waals surface area contributed by atoms with Crippen LogP contribution in [0.4, 0.5) is 10.1 Å². The maximum atomic E-state index is 14.3. The van der Waals surface area contributed by atoms with Crippen molar-refractivity contribution in [2.45, 2.75) is 49.7 Å². The van der Waals surface area contributed by atoms with Crippen LogP contribution in [-0.4, -0.2) is 56.4 Å². The van der Waals surface area contributed by atoms with Gasteiger partial charge in [0.2, 0.25) is 0 Å². The predicted molar refractivity (Wildman–Crippen MR) is 166 cm³/mol. The van der Waals surface area contributed by atoms with Gasteiger partial charge in [0.15, 0.2) is 0 Å². The van der Waals surface area contributed by atoms with E-state index in [1.54, 1.807) is 42.1 Å². The number of ether oxygens (including phenoxy) is 1. The topological polar surface area (TPSA) is 79.6 Å². The molecule has 4 aromatic rings. The Bertz CT molecular complexity index is 1590. The van der Waals surface area contributed by atoms with Gasteiger partial charge in [-0.1, -0.05) is 35.9 Å². The normalized spacial score (nSPS) is 19.6. The number of imidazole rings is 1. The lowest BCUT2D eigenvalue weighted by Gasteiger charge is -2.41. The Kier molecular flexibility index (Phi) is 8.45. The van der Waals surface area contributed by atoms with Crippen LogP contribution >= 0.6 is 23.4 Å². The molecule has 42 heavy (non-hydrogen) atoms. The second kappa shape index (κ2) is 12.2. The number of halogens is 2. The molecule has 2 aliphatic heterocycles. The number of benzene rings is 3. The van der Waals surface area contributed by atoms with Crippen molar-refractivity contribution < 1.29 is 19.0 Å². The molecule has 0 saturated carbocycles. The number of thioether (sulfide) groups is 1. The first kappa shape index (κ1) is 29.0. The molecule has 2 saturated heterocycles. The van der Waals surface area contributed by atoms with Gasteiger partial charge in [0.05, 0.1) is 36.3 Å². The van der Waals surface area contributed by atoms with E-state index in [1.165, 1.54) is 11.6 Å². The molecule has 0 radical (unpaired) electrons. The lowest BCUT2D eigenvalue weighted by molar-refractivity contribution is -0.0873. The van der Waals surface area contributed by atoms with Crippen molar-refractivity contribution in [2.75, 3.05) is 31.3 Å². The van der Waals surface area contributed by atoms with Crippen molar-refractivity contribution in [2.24, 2.45) is 0 Å². The van der Waals surface area contributed by atoms with E-state index in [2.05, 4.69) is 39.2 Å². The third-order valence-electron chi connectivity index (χ3n) is 8.53. The Balaban J connectivity index is 1.16. The fourth-order valence-corrected chi connectivity index (χ4v) is 6.90. The number of rotatable bonds is 10. The van der Waals surface area contributed by atoms with Crippen LogP contribution in [0, 0.1) is 5.82 Å². The van der Waals surface area contributed by atoms with Crippen LogP contribution < -0.4 is 5.32 Å². The minimum atomic E-state index is -0.944. The molecule has 3 aromatic carbocycles. The molecule has 10 heteroatoms. The SMILES string of the molecule is CSC1(Cn2c(CN3CCC(c4ccccc4NCc4ccc(Cl)cc4F)CC3)nc3ccc(C(=O)O)cc32)CCO1. The van der Waals surface area contributed by atoms with Crippen LogP contribution in [-0.2, 0) is 24.4 Å². The van der Waals surface area contributed by atoms with Crippen molar-refractivity contribution in [1.29, 1.82) is 0 Å². The highest BCUT2D eigenvalue weighted by Crippen LogP contribution is 2.39. The van der Waals surface area contributed by atoms with Crippen LogP contribution in [0.2, 0.25) is 5.02 Å². The van der Waals surface area contributed by atoms with E-state index in [0.29, 0.717) is 36.1 Å². The number of carboxylic acids is 1. The molecule has 2 N–H and O–H groups in total. The van der Waals surface area contributed by atoms with E-state index in [0.717, 1.165) is 61.5 Å². The van der Waals surface area contributed by atoms with E-state index < -0.39 is 5.97 Å². The highest BCUT2D eigenvalue weighted by atomic mass is 35.5. The van der Waals surface area contributed by atoms with Gasteiger partial charge in [-0.15, -0.1) is 11.8 Å². The monoisotopic (exact) mass is 608 g/mol. The van der Waals surface area contributed by atoms with Crippen LogP contribution in [0.15, 0.2) is 60.7 Å². The molecule has 1 unspecified atom stereocenters. The van der Waals surface area contributed by atoms with Gasteiger partial charge in [-0.05, 0) is 80.1 Å². The molecule has 3 heterocycles. The number of hydrogen-bond donors (Lipinski definition) is 2. The Morgan fingerprint density at radius 3 is 2.67 bits per heavy atom. The van der Waals surface area contributed by atoms with Crippen molar-refractivity contribution in [3.63, 3.8) is 0 Å². The molecular weight excluding hydrogens is 575 g/mol. The summed E-state index contributed by atoms with van der Waals surface area (Å²) in [6.07, 6.45) is 5.00. The van der Waals surface area contributed by atoms with E-state index in [4.69, 9.17) is 21.3 Å². The van der Waals surface area contributed by atoms with Crippen LogP contribution in [0.5, 0.6) is 0 Å². The fraction of sp³-hybridized carbons (Fsp3) is 0.375. The van der Waals surface area contributed by atoms with E-state index in [9.17, 15) is 14.3 Å². The van der Waals surface area contributed by atoms with Crippen molar-refractivity contribution >= 4 is 46.1 Å². The third-order valence-corrected chi connectivity index (χ3v) is 9.96. The third kappa shape index (κ3) is 6.01. The number of likely N-dealkylation sites (tertiary alicyclic amines) is 1. The van der Waals surface area contributed by atoms with Gasteiger partial charge >= 0.3 is 5.97 Å². The summed E-state index contributed by atoms with van der Waals surface area (Å²) in [7, 11) is 0. The highest BCUT2D eigenvalue weighted by Gasteiger charge is 2.39. The smallest absolute Gasteiger partial charge is 0.335 e. The van der Waals surface area contributed by atoms with Crippen molar-refractivity contribution in [3.8, 4) is 0 Å². The average molecular weight is 609 g/mol. The zero-order valence-corrected chi connectivity index (χ0v) is 25.1. The number of carbonyl (C=O) groups is 1. The summed E-state index contributed by atoms with van der Waals surface area (Å²) < 4.78 is 22.5. The maximum absolute atomic E-state index is 14.3. The number of para-hydroxylation sites is 1. The summed E-state index contributed by atoms with van der Waals surface area (Å²) >= 11 is 7.62. The van der Waals surface area contributed by atoms with E-state index in [-0.39, 0.29) is 16.3 Å². The van der Waals surface area contributed by atoms with Crippen molar-refractivity contribution in [3.05, 3.63) is 94.0 Å². The number of carboxylic acid groups (broad SMARTS) is 1. The largest absolute Gasteiger partial charge is 0.478 e. The molecular formula is C32H34ClFN4O3S. The maximum Gasteiger partial charge on any atom is 0.335 e. The Morgan fingerprint density at radius 2 is 1.98 bits per heavy atom. The minimum absolute atomic E-state index is 0.259. The summed E-state index contributed by atoms with van der Waals surface area (Å²) in [5, 5.41) is 13.4.